The number of rotatable bonds is 4. The Morgan fingerprint density at radius 3 is 2.73 bits per heavy atom. The van der Waals surface area contributed by atoms with Crippen LogP contribution in [0, 0.1) is 17.1 Å². The van der Waals surface area contributed by atoms with Crippen LogP contribution < -0.4 is 15.2 Å². The highest BCUT2D eigenvalue weighted by molar-refractivity contribution is 5.53. The molecule has 0 spiro atoms. The van der Waals surface area contributed by atoms with Crippen molar-refractivity contribution in [3.8, 4) is 11.8 Å². The Labute approximate surface area is 152 Å². The molecule has 1 aromatic heterocycles. The Balaban J connectivity index is 1.94. The molecule has 26 heavy (non-hydrogen) atoms. The number of benzene rings is 1. The Morgan fingerprint density at radius 1 is 1.35 bits per heavy atom. The van der Waals surface area contributed by atoms with Gasteiger partial charge in [-0.2, -0.15) is 5.26 Å². The molecule has 0 atom stereocenters. The minimum absolute atomic E-state index is 0.0164. The number of nitriles is 1. The van der Waals surface area contributed by atoms with Gasteiger partial charge in [-0.1, -0.05) is 13.0 Å². The number of fused-ring (bicyclic) bond motifs is 1. The zero-order valence-corrected chi connectivity index (χ0v) is 15.5. The summed E-state index contributed by atoms with van der Waals surface area (Å²) in [6, 6.07) is 8.02. The van der Waals surface area contributed by atoms with E-state index >= 15 is 0 Å². The Hall–Kier alpha value is -2.81. The quantitative estimate of drug-likeness (QED) is 0.845. The van der Waals surface area contributed by atoms with E-state index in [0.717, 1.165) is 5.82 Å². The molecule has 0 radical (unpaired) electrons. The Bertz CT molecular complexity index is 957. The third-order valence-electron chi connectivity index (χ3n) is 5.03. The largest absolute Gasteiger partial charge is 0.488 e. The van der Waals surface area contributed by atoms with E-state index in [0.29, 0.717) is 29.8 Å². The Kier molecular flexibility index (Phi) is 4.49. The maximum Gasteiger partial charge on any atom is 0.259 e. The molecule has 0 saturated carbocycles. The van der Waals surface area contributed by atoms with E-state index in [1.807, 2.05) is 26.1 Å². The zero-order chi connectivity index (χ0) is 19.1. The van der Waals surface area contributed by atoms with Gasteiger partial charge in [-0.3, -0.25) is 9.36 Å². The second-order valence-electron chi connectivity index (χ2n) is 7.18. The first-order chi connectivity index (χ1) is 12.3. The first-order valence-electron chi connectivity index (χ1n) is 8.60. The highest BCUT2D eigenvalue weighted by Crippen LogP contribution is 2.34. The maximum absolute atomic E-state index is 13.5. The lowest BCUT2D eigenvalue weighted by Gasteiger charge is -2.28. The smallest absolute Gasteiger partial charge is 0.259 e. The monoisotopic (exact) mass is 355 g/mol. The Morgan fingerprint density at radius 2 is 2.08 bits per heavy atom. The van der Waals surface area contributed by atoms with Gasteiger partial charge in [-0.15, -0.1) is 0 Å². The molecule has 1 aliphatic heterocycles. The van der Waals surface area contributed by atoms with Crippen LogP contribution in [0.25, 0.3) is 0 Å². The van der Waals surface area contributed by atoms with E-state index in [-0.39, 0.29) is 23.3 Å². The van der Waals surface area contributed by atoms with Gasteiger partial charge < -0.3 is 9.64 Å². The molecule has 1 aromatic carbocycles. The summed E-state index contributed by atoms with van der Waals surface area (Å²) in [5.74, 6) is 0.810. The highest BCUT2D eigenvalue weighted by atomic mass is 19.1. The molecule has 0 unspecified atom stereocenters. The van der Waals surface area contributed by atoms with E-state index in [1.54, 1.807) is 10.6 Å². The minimum atomic E-state index is -0.551. The van der Waals surface area contributed by atoms with Crippen molar-refractivity contribution in [2.24, 2.45) is 0 Å². The standard InChI is InChI=1S/C20H22FN3O2/c1-5-15-17(26-11-13-6-7-16(21)14(8-13)10-22)9-18-23(4)20(2,3)12-24(18)19(15)25/h6-9H,5,11-12H2,1-4H3. The molecule has 2 heterocycles. The third kappa shape index (κ3) is 2.94. The number of likely N-dealkylation sites (N-methyl/N-ethyl adjacent to an activating group) is 1. The van der Waals surface area contributed by atoms with Gasteiger partial charge in [0.15, 0.2) is 0 Å². The zero-order valence-electron chi connectivity index (χ0n) is 15.5. The number of aromatic nitrogens is 1. The molecule has 1 aliphatic rings. The van der Waals surface area contributed by atoms with Crippen LogP contribution in [-0.2, 0) is 19.6 Å². The van der Waals surface area contributed by atoms with Crippen molar-refractivity contribution < 1.29 is 9.13 Å². The summed E-state index contributed by atoms with van der Waals surface area (Å²) >= 11 is 0. The lowest BCUT2D eigenvalue weighted by Crippen LogP contribution is -2.38. The third-order valence-corrected chi connectivity index (χ3v) is 5.03. The fourth-order valence-corrected chi connectivity index (χ4v) is 3.25. The van der Waals surface area contributed by atoms with E-state index in [1.165, 1.54) is 12.1 Å². The number of halogens is 1. The van der Waals surface area contributed by atoms with Gasteiger partial charge in [0.1, 0.15) is 30.1 Å². The molecular weight excluding hydrogens is 333 g/mol. The second kappa shape index (κ2) is 6.49. The average Bonchev–Trinajstić information content (AvgIpc) is 2.84. The first kappa shape index (κ1) is 18.0. The van der Waals surface area contributed by atoms with E-state index in [2.05, 4.69) is 18.7 Å². The maximum atomic E-state index is 13.5. The van der Waals surface area contributed by atoms with Crippen molar-refractivity contribution in [1.29, 1.82) is 5.26 Å². The molecule has 0 bridgehead atoms. The minimum Gasteiger partial charge on any atom is -0.488 e. The summed E-state index contributed by atoms with van der Waals surface area (Å²) in [4.78, 5) is 14.9. The average molecular weight is 355 g/mol. The topological polar surface area (TPSA) is 58.3 Å². The highest BCUT2D eigenvalue weighted by Gasteiger charge is 2.35. The van der Waals surface area contributed by atoms with Crippen LogP contribution in [0.2, 0.25) is 0 Å². The summed E-state index contributed by atoms with van der Waals surface area (Å²) in [5.41, 5.74) is 1.11. The summed E-state index contributed by atoms with van der Waals surface area (Å²) < 4.78 is 21.2. The normalized spacial score (nSPS) is 14.8. The number of hydrogen-bond donors (Lipinski definition) is 0. The summed E-state index contributed by atoms with van der Waals surface area (Å²) in [5, 5.41) is 8.95. The predicted molar refractivity (Wildman–Crippen MR) is 98.0 cm³/mol. The molecule has 0 amide bonds. The molecular formula is C20H22FN3O2. The second-order valence-corrected chi connectivity index (χ2v) is 7.18. The van der Waals surface area contributed by atoms with Crippen LogP contribution in [0.3, 0.4) is 0 Å². The van der Waals surface area contributed by atoms with Crippen molar-refractivity contribution in [2.75, 3.05) is 11.9 Å². The van der Waals surface area contributed by atoms with Gasteiger partial charge in [-0.25, -0.2) is 4.39 Å². The van der Waals surface area contributed by atoms with Crippen LogP contribution in [0.4, 0.5) is 10.2 Å². The van der Waals surface area contributed by atoms with E-state index in [9.17, 15) is 9.18 Å². The summed E-state index contributed by atoms with van der Waals surface area (Å²) in [6.07, 6.45) is 0.561. The molecule has 0 aliphatic carbocycles. The number of hydrogen-bond acceptors (Lipinski definition) is 4. The molecule has 0 fully saturated rings. The lowest BCUT2D eigenvalue weighted by molar-refractivity contribution is 0.301. The molecule has 2 aromatic rings. The van der Waals surface area contributed by atoms with Gasteiger partial charge in [0, 0.05) is 13.1 Å². The molecule has 3 rings (SSSR count). The number of anilines is 1. The van der Waals surface area contributed by atoms with Crippen molar-refractivity contribution in [1.82, 2.24) is 4.57 Å². The van der Waals surface area contributed by atoms with Crippen molar-refractivity contribution in [3.63, 3.8) is 0 Å². The predicted octanol–water partition coefficient (Wildman–Crippen LogP) is 3.23. The fraction of sp³-hybridized carbons (Fsp3) is 0.400. The SMILES string of the molecule is CCc1c(OCc2ccc(F)c(C#N)c2)cc2n(c1=O)CC(C)(C)N2C. The van der Waals surface area contributed by atoms with Crippen LogP contribution in [0.5, 0.6) is 5.75 Å². The van der Waals surface area contributed by atoms with Crippen molar-refractivity contribution in [2.45, 2.75) is 45.9 Å². The molecule has 5 nitrogen and oxygen atoms in total. The summed E-state index contributed by atoms with van der Waals surface area (Å²) in [6.45, 7) is 6.90. The van der Waals surface area contributed by atoms with Crippen LogP contribution >= 0.6 is 0 Å². The van der Waals surface area contributed by atoms with Crippen LogP contribution in [-0.4, -0.2) is 17.2 Å². The van der Waals surface area contributed by atoms with E-state index in [4.69, 9.17) is 10.00 Å². The van der Waals surface area contributed by atoms with Gasteiger partial charge in [0.25, 0.3) is 5.56 Å². The van der Waals surface area contributed by atoms with Crippen molar-refractivity contribution in [3.05, 3.63) is 57.1 Å². The number of nitrogens with zero attached hydrogens (tertiary/aromatic N) is 3. The van der Waals surface area contributed by atoms with Crippen LogP contribution in [0.15, 0.2) is 29.1 Å². The van der Waals surface area contributed by atoms with Gasteiger partial charge in [0.05, 0.1) is 23.2 Å². The fourth-order valence-electron chi connectivity index (χ4n) is 3.25. The van der Waals surface area contributed by atoms with Crippen LogP contribution in [0.1, 0.15) is 37.5 Å². The first-order valence-corrected chi connectivity index (χ1v) is 8.60. The molecule has 136 valence electrons. The molecule has 0 N–H and O–H groups in total. The van der Waals surface area contributed by atoms with Gasteiger partial charge >= 0.3 is 0 Å². The van der Waals surface area contributed by atoms with Gasteiger partial charge in [0.2, 0.25) is 0 Å². The van der Waals surface area contributed by atoms with Crippen molar-refractivity contribution >= 4 is 5.82 Å². The van der Waals surface area contributed by atoms with E-state index < -0.39 is 5.82 Å². The van der Waals surface area contributed by atoms with Gasteiger partial charge in [-0.05, 0) is 38.0 Å². The summed E-state index contributed by atoms with van der Waals surface area (Å²) in [7, 11) is 1.97. The number of pyridine rings is 1. The molecule has 0 saturated heterocycles. The number of ether oxygens (including phenoxy) is 1. The lowest BCUT2D eigenvalue weighted by atomic mass is 10.1. The molecule has 6 heteroatoms.